The molecule has 0 bridgehead atoms. The lowest BCUT2D eigenvalue weighted by atomic mass is 9.98. The van der Waals surface area contributed by atoms with Crippen molar-refractivity contribution in [3.8, 4) is 0 Å². The van der Waals surface area contributed by atoms with Crippen LogP contribution in [0.4, 0.5) is 0 Å². The van der Waals surface area contributed by atoms with Gasteiger partial charge in [-0.1, -0.05) is 31.2 Å². The lowest BCUT2D eigenvalue weighted by Crippen LogP contribution is -2.40. The van der Waals surface area contributed by atoms with Crippen LogP contribution >= 0.6 is 0 Å². The molecule has 1 fully saturated rings. The van der Waals surface area contributed by atoms with Crippen molar-refractivity contribution in [3.63, 3.8) is 0 Å². The van der Waals surface area contributed by atoms with Crippen LogP contribution in [0.5, 0.6) is 0 Å². The molecule has 0 aromatic heterocycles. The van der Waals surface area contributed by atoms with Crippen LogP contribution in [0.25, 0.3) is 0 Å². The first-order chi connectivity index (χ1) is 9.69. The van der Waals surface area contributed by atoms with Crippen molar-refractivity contribution < 1.29 is 0 Å². The Morgan fingerprint density at radius 3 is 2.45 bits per heavy atom. The van der Waals surface area contributed by atoms with E-state index in [0.29, 0.717) is 6.04 Å². The molecule has 0 radical (unpaired) electrons. The number of hydrogen-bond donors (Lipinski definition) is 1. The van der Waals surface area contributed by atoms with Gasteiger partial charge in [-0.15, -0.1) is 0 Å². The summed E-state index contributed by atoms with van der Waals surface area (Å²) >= 11 is 0. The van der Waals surface area contributed by atoms with E-state index in [1.165, 1.54) is 43.6 Å². The maximum atomic E-state index is 3.53. The van der Waals surface area contributed by atoms with Crippen LogP contribution in [0.1, 0.15) is 44.7 Å². The van der Waals surface area contributed by atoms with E-state index in [0.717, 1.165) is 18.9 Å². The minimum absolute atomic E-state index is 0.614. The van der Waals surface area contributed by atoms with Crippen molar-refractivity contribution in [1.82, 2.24) is 10.2 Å². The van der Waals surface area contributed by atoms with Crippen LogP contribution in [0.3, 0.4) is 0 Å². The molecule has 1 aliphatic rings. The van der Waals surface area contributed by atoms with Gasteiger partial charge in [-0.3, -0.25) is 4.90 Å². The molecule has 1 aromatic rings. The number of aryl methyl sites for hydroxylation is 1. The van der Waals surface area contributed by atoms with E-state index >= 15 is 0 Å². The fourth-order valence-corrected chi connectivity index (χ4v) is 2.98. The molecular weight excluding hydrogens is 244 g/mol. The van der Waals surface area contributed by atoms with Gasteiger partial charge in [-0.25, -0.2) is 0 Å². The fourth-order valence-electron chi connectivity index (χ4n) is 2.98. The van der Waals surface area contributed by atoms with Crippen molar-refractivity contribution in [3.05, 3.63) is 35.4 Å². The van der Waals surface area contributed by atoms with E-state index < -0.39 is 0 Å². The molecule has 2 heteroatoms. The smallest absolute Gasteiger partial charge is 0.0236 e. The molecule has 1 atom stereocenters. The van der Waals surface area contributed by atoms with Gasteiger partial charge in [-0.2, -0.15) is 0 Å². The summed E-state index contributed by atoms with van der Waals surface area (Å²) in [4.78, 5) is 2.62. The number of benzene rings is 1. The molecule has 20 heavy (non-hydrogen) atoms. The average molecular weight is 274 g/mol. The van der Waals surface area contributed by atoms with E-state index in [9.17, 15) is 0 Å². The largest absolute Gasteiger partial charge is 0.316 e. The van der Waals surface area contributed by atoms with Gasteiger partial charge >= 0.3 is 0 Å². The van der Waals surface area contributed by atoms with Crippen LogP contribution in [-0.4, -0.2) is 30.6 Å². The van der Waals surface area contributed by atoms with E-state index in [4.69, 9.17) is 0 Å². The molecule has 112 valence electrons. The van der Waals surface area contributed by atoms with Crippen molar-refractivity contribution in [1.29, 1.82) is 0 Å². The first-order valence-corrected chi connectivity index (χ1v) is 8.21. The zero-order valence-electron chi connectivity index (χ0n) is 13.4. The van der Waals surface area contributed by atoms with Gasteiger partial charge in [0.05, 0.1) is 0 Å². The first-order valence-electron chi connectivity index (χ1n) is 8.21. The third kappa shape index (κ3) is 4.60. The van der Waals surface area contributed by atoms with Crippen LogP contribution in [0.2, 0.25) is 0 Å². The highest BCUT2D eigenvalue weighted by molar-refractivity contribution is 5.22. The summed E-state index contributed by atoms with van der Waals surface area (Å²) in [6.45, 7) is 11.5. The Morgan fingerprint density at radius 1 is 1.20 bits per heavy atom. The maximum Gasteiger partial charge on any atom is 0.0236 e. The molecular formula is C18H30N2. The molecule has 0 aliphatic carbocycles. The molecule has 1 aliphatic heterocycles. The SMILES string of the molecule is CCc1ccc(CN(CC2CCCNC2)C(C)C)cc1. The monoisotopic (exact) mass is 274 g/mol. The van der Waals surface area contributed by atoms with Crippen molar-refractivity contribution in [2.75, 3.05) is 19.6 Å². The van der Waals surface area contributed by atoms with Gasteiger partial charge in [0.2, 0.25) is 0 Å². The summed E-state index contributed by atoms with van der Waals surface area (Å²) in [7, 11) is 0. The van der Waals surface area contributed by atoms with Gasteiger partial charge < -0.3 is 5.32 Å². The number of hydrogen-bond acceptors (Lipinski definition) is 2. The number of piperidine rings is 1. The Labute approximate surface area is 124 Å². The minimum atomic E-state index is 0.614. The van der Waals surface area contributed by atoms with Crippen LogP contribution in [-0.2, 0) is 13.0 Å². The summed E-state index contributed by atoms with van der Waals surface area (Å²) in [6.07, 6.45) is 3.84. The van der Waals surface area contributed by atoms with Crippen LogP contribution in [0, 0.1) is 5.92 Å². The lowest BCUT2D eigenvalue weighted by Gasteiger charge is -2.32. The lowest BCUT2D eigenvalue weighted by molar-refractivity contribution is 0.164. The predicted molar refractivity (Wildman–Crippen MR) is 87.0 cm³/mol. The summed E-state index contributed by atoms with van der Waals surface area (Å²) in [5.74, 6) is 0.820. The number of rotatable bonds is 6. The molecule has 1 saturated heterocycles. The minimum Gasteiger partial charge on any atom is -0.316 e. The quantitative estimate of drug-likeness (QED) is 0.854. The predicted octanol–water partition coefficient (Wildman–Crippen LogP) is 3.46. The Hall–Kier alpha value is -0.860. The van der Waals surface area contributed by atoms with Gasteiger partial charge in [0.1, 0.15) is 0 Å². The molecule has 2 rings (SSSR count). The normalized spacial score (nSPS) is 19.8. The molecule has 1 unspecified atom stereocenters. The highest BCUT2D eigenvalue weighted by Crippen LogP contribution is 2.16. The molecule has 1 aromatic carbocycles. The third-order valence-electron chi connectivity index (χ3n) is 4.44. The summed E-state index contributed by atoms with van der Waals surface area (Å²) in [5, 5.41) is 3.53. The topological polar surface area (TPSA) is 15.3 Å². The van der Waals surface area contributed by atoms with Crippen molar-refractivity contribution in [2.45, 2.75) is 52.6 Å². The molecule has 1 N–H and O–H groups in total. The zero-order valence-corrected chi connectivity index (χ0v) is 13.4. The zero-order chi connectivity index (χ0) is 14.4. The molecule has 0 saturated carbocycles. The second kappa shape index (κ2) is 7.80. The average Bonchev–Trinajstić information content (AvgIpc) is 2.48. The van der Waals surface area contributed by atoms with Gasteiger partial charge in [0.15, 0.2) is 0 Å². The Bertz CT molecular complexity index is 377. The van der Waals surface area contributed by atoms with E-state index in [1.54, 1.807) is 0 Å². The summed E-state index contributed by atoms with van der Waals surface area (Å²) in [6, 6.07) is 9.76. The fraction of sp³-hybridized carbons (Fsp3) is 0.667. The van der Waals surface area contributed by atoms with E-state index in [1.807, 2.05) is 0 Å². The van der Waals surface area contributed by atoms with Crippen LogP contribution < -0.4 is 5.32 Å². The van der Waals surface area contributed by atoms with Gasteiger partial charge in [-0.05, 0) is 63.2 Å². The van der Waals surface area contributed by atoms with Gasteiger partial charge in [0.25, 0.3) is 0 Å². The summed E-state index contributed by atoms with van der Waals surface area (Å²) in [5.41, 5.74) is 2.88. The molecule has 2 nitrogen and oxygen atoms in total. The Morgan fingerprint density at radius 2 is 1.90 bits per heavy atom. The first kappa shape index (κ1) is 15.5. The molecule has 0 amide bonds. The highest BCUT2D eigenvalue weighted by Gasteiger charge is 2.18. The Kier molecular flexibility index (Phi) is 6.06. The van der Waals surface area contributed by atoms with E-state index in [2.05, 4.69) is 55.3 Å². The van der Waals surface area contributed by atoms with E-state index in [-0.39, 0.29) is 0 Å². The molecule has 0 spiro atoms. The Balaban J connectivity index is 1.93. The number of nitrogens with zero attached hydrogens (tertiary/aromatic N) is 1. The molecule has 1 heterocycles. The maximum absolute atomic E-state index is 3.53. The standard InChI is InChI=1S/C18H30N2/c1-4-16-7-9-17(10-8-16)13-20(15(2)3)14-18-6-5-11-19-12-18/h7-10,15,18-19H,4-6,11-14H2,1-3H3. The van der Waals surface area contributed by atoms with Crippen LogP contribution in [0.15, 0.2) is 24.3 Å². The van der Waals surface area contributed by atoms with Gasteiger partial charge in [0, 0.05) is 19.1 Å². The summed E-state index contributed by atoms with van der Waals surface area (Å²) < 4.78 is 0. The highest BCUT2D eigenvalue weighted by atomic mass is 15.1. The van der Waals surface area contributed by atoms with Crippen molar-refractivity contribution in [2.24, 2.45) is 5.92 Å². The second-order valence-electron chi connectivity index (χ2n) is 6.41. The second-order valence-corrected chi connectivity index (χ2v) is 6.41. The van der Waals surface area contributed by atoms with Crippen molar-refractivity contribution >= 4 is 0 Å². The third-order valence-corrected chi connectivity index (χ3v) is 4.44. The number of nitrogens with one attached hydrogen (secondary N) is 1.